The molecule has 35 heteroatoms. The van der Waals surface area contributed by atoms with Crippen molar-refractivity contribution in [2.75, 3.05) is 37.1 Å². The number of pyridine rings is 3. The predicted molar refractivity (Wildman–Crippen MR) is 360 cm³/mol. The van der Waals surface area contributed by atoms with Gasteiger partial charge in [-0.1, -0.05) is 50.2 Å². The molecule has 0 aliphatic rings. The number of nitrogens with zero attached hydrogens (tertiary/aromatic N) is 3. The maximum absolute atomic E-state index is 12.8. The Morgan fingerprint density at radius 2 is 0.873 bits per heavy atom. The number of carbonyl (C=O) groups is 7. The molecule has 8 rings (SSSR count). The molecule has 550 valence electrons. The molecule has 4 aromatic heterocycles. The summed E-state index contributed by atoms with van der Waals surface area (Å²) < 4.78 is 118. The molecule has 2 atom stereocenters. The van der Waals surface area contributed by atoms with Gasteiger partial charge < -0.3 is 78.5 Å². The van der Waals surface area contributed by atoms with E-state index >= 15 is 0 Å². The number of aromatic nitrogens is 3. The number of amides is 4. The average molecular weight is 1460 g/mol. The first-order chi connectivity index (χ1) is 48.0. The van der Waals surface area contributed by atoms with Gasteiger partial charge in [0.15, 0.2) is 23.0 Å². The van der Waals surface area contributed by atoms with Crippen LogP contribution in [0.5, 0.6) is 23.0 Å². The number of rotatable bonds is 26. The Morgan fingerprint density at radius 1 is 0.500 bits per heavy atom. The standard InChI is InChI=1S/C31H36N6O4.C30H35N5O4S.3C2HF3O2/c1-4-21-19(17-36-31(39)24(32)14-20-11-7-8-13-34-20)10-9-12-25(21)37-29-22-15-27(40-5-2)28(41-6-3)16-26(22)35-18-23(29)30(33)38;1-4-20-18(16-34-30(37)23(31)13-19-10-8-12-40-19)9-7-11-24(20)35-28-21-14-26(38-5-2)27(39-6-3)15-25(21)33-17-22(28)29(32)36;3*3-2(4,5)1(6)7/h7-13,15-16,18,24H,4-6,14,17,32H2,1-3H3,(H2,33,38)(H,35,37)(H,36,39);7-12,14-15,17,23H,4-6,13,16,31H2,1-3H3,(H2,32,36)(H,33,35)(H,34,37);3*(H,6,7)/t24-;23-;;;/m00.../s1. The van der Waals surface area contributed by atoms with Crippen LogP contribution in [0.1, 0.15) is 95.1 Å². The van der Waals surface area contributed by atoms with E-state index in [2.05, 4.69) is 36.2 Å². The van der Waals surface area contributed by atoms with Gasteiger partial charge in [-0.05, 0) is 111 Å². The van der Waals surface area contributed by atoms with Crippen molar-refractivity contribution >= 4 is 97.4 Å². The number of hydrogen-bond donors (Lipinski definition) is 11. The summed E-state index contributed by atoms with van der Waals surface area (Å²) in [6, 6.07) is 26.9. The molecule has 0 unspecified atom stereocenters. The number of nitrogens with two attached hydrogens (primary N) is 4. The summed E-state index contributed by atoms with van der Waals surface area (Å²) in [5.41, 5.74) is 32.7. The highest BCUT2D eigenvalue weighted by Crippen LogP contribution is 2.40. The number of fused-ring (bicyclic) bond motifs is 2. The smallest absolute Gasteiger partial charge is 0.490 e. The van der Waals surface area contributed by atoms with E-state index in [0.717, 1.165) is 44.2 Å². The van der Waals surface area contributed by atoms with Crippen molar-refractivity contribution in [2.45, 2.75) is 111 Å². The summed E-state index contributed by atoms with van der Waals surface area (Å²) in [7, 11) is 0. The molecule has 4 amide bonds. The molecule has 0 bridgehead atoms. The summed E-state index contributed by atoms with van der Waals surface area (Å²) in [4.78, 5) is 91.3. The Morgan fingerprint density at radius 3 is 1.19 bits per heavy atom. The summed E-state index contributed by atoms with van der Waals surface area (Å²) in [6.07, 6.45) is -8.46. The highest BCUT2D eigenvalue weighted by molar-refractivity contribution is 7.09. The molecule has 25 nitrogen and oxygen atoms in total. The van der Waals surface area contributed by atoms with E-state index in [1.807, 2.05) is 126 Å². The fourth-order valence-electron chi connectivity index (χ4n) is 9.26. The zero-order valence-electron chi connectivity index (χ0n) is 55.5. The van der Waals surface area contributed by atoms with Crippen LogP contribution >= 0.6 is 11.3 Å². The molecule has 0 spiro atoms. The second-order valence-electron chi connectivity index (χ2n) is 20.9. The number of carboxylic acids is 3. The van der Waals surface area contributed by atoms with Crippen LogP contribution in [-0.4, -0.2) is 129 Å². The van der Waals surface area contributed by atoms with Crippen molar-refractivity contribution in [3.8, 4) is 23.0 Å². The zero-order chi connectivity index (χ0) is 76.2. The van der Waals surface area contributed by atoms with Crippen LogP contribution in [0, 0.1) is 0 Å². The van der Waals surface area contributed by atoms with Gasteiger partial charge in [-0.3, -0.25) is 34.1 Å². The Bertz CT molecular complexity index is 4110. The number of ether oxygens (including phenoxy) is 4. The Balaban J connectivity index is 0.000000337. The van der Waals surface area contributed by atoms with Crippen LogP contribution < -0.4 is 63.1 Å². The first kappa shape index (κ1) is 83.4. The number of thiophene rings is 1. The Kier molecular flexibility index (Phi) is 31.9. The average Bonchev–Trinajstić information content (AvgIpc) is 0.806. The molecule has 0 radical (unpaired) electrons. The number of benzene rings is 4. The summed E-state index contributed by atoms with van der Waals surface area (Å²) in [5, 5.41) is 37.5. The van der Waals surface area contributed by atoms with Gasteiger partial charge in [0.1, 0.15) is 0 Å². The van der Waals surface area contributed by atoms with Crippen LogP contribution in [0.15, 0.2) is 115 Å². The number of halogens is 9. The largest absolute Gasteiger partial charge is 0.490 e. The van der Waals surface area contributed by atoms with E-state index in [-0.39, 0.29) is 22.9 Å². The second-order valence-corrected chi connectivity index (χ2v) is 21.9. The highest BCUT2D eigenvalue weighted by atomic mass is 32.1. The lowest BCUT2D eigenvalue weighted by molar-refractivity contribution is -0.193. The summed E-state index contributed by atoms with van der Waals surface area (Å²) in [5.74, 6) is -7.72. The highest BCUT2D eigenvalue weighted by Gasteiger charge is 2.40. The normalized spacial score (nSPS) is 11.6. The van der Waals surface area contributed by atoms with Gasteiger partial charge in [0.2, 0.25) is 11.8 Å². The van der Waals surface area contributed by atoms with Crippen molar-refractivity contribution < 1.29 is 107 Å². The number of anilines is 4. The quantitative estimate of drug-likeness (QED) is 0.0224. The molecule has 15 N–H and O–H groups in total. The summed E-state index contributed by atoms with van der Waals surface area (Å²) >= 11 is 1.58. The van der Waals surface area contributed by atoms with Crippen LogP contribution in [0.4, 0.5) is 62.3 Å². The fraction of sp³-hybridized carbons (Fsp3) is 0.313. The minimum Gasteiger partial charge on any atom is -0.490 e. The lowest BCUT2D eigenvalue weighted by atomic mass is 10.0. The van der Waals surface area contributed by atoms with Gasteiger partial charge in [-0.25, -0.2) is 14.4 Å². The number of aliphatic carboxylic acids is 3. The number of carboxylic acid groups (broad SMARTS) is 3. The molecule has 4 heterocycles. The first-order valence-corrected chi connectivity index (χ1v) is 31.6. The third-order valence-electron chi connectivity index (χ3n) is 13.8. The number of primary amides is 2. The SMILES string of the molecule is CCOc1cc2ncc(C(N)=O)c(Nc3cccc(CNC(=O)[C@@H](N)Cc4ccccn4)c3CC)c2cc1OCC.CCOc1cc2ncc(C(N)=O)c(Nc3cccc(CNC(=O)[C@@H](N)Cc4cccs4)c3CC)c2cc1OCC.O=C(O)C(F)(F)F.O=C(O)C(F)(F)F.O=C(O)C(F)(F)F. The van der Waals surface area contributed by atoms with Gasteiger partial charge in [-0.15, -0.1) is 11.3 Å². The first-order valence-electron chi connectivity index (χ1n) is 30.7. The predicted octanol–water partition coefficient (Wildman–Crippen LogP) is 10.6. The van der Waals surface area contributed by atoms with Gasteiger partial charge >= 0.3 is 36.4 Å². The lowest BCUT2D eigenvalue weighted by Gasteiger charge is -2.20. The minimum absolute atomic E-state index is 0.210. The monoisotopic (exact) mass is 1460 g/mol. The molecule has 0 aliphatic heterocycles. The number of alkyl halides is 9. The Labute approximate surface area is 581 Å². The van der Waals surface area contributed by atoms with Crippen molar-refractivity contribution in [3.63, 3.8) is 0 Å². The molecule has 0 saturated heterocycles. The van der Waals surface area contributed by atoms with Crippen molar-refractivity contribution in [1.29, 1.82) is 0 Å². The van der Waals surface area contributed by atoms with Crippen molar-refractivity contribution in [2.24, 2.45) is 22.9 Å². The third-order valence-corrected chi connectivity index (χ3v) is 14.7. The minimum atomic E-state index is -5.08. The molecular weight excluding hydrogens is 1390 g/mol. The number of hydrogen-bond acceptors (Lipinski definition) is 19. The molecule has 0 saturated carbocycles. The lowest BCUT2D eigenvalue weighted by Crippen LogP contribution is -2.41. The van der Waals surface area contributed by atoms with E-state index in [4.69, 9.17) is 71.6 Å². The molecular formula is C67H74F9N11O14S. The second kappa shape index (κ2) is 39.1. The van der Waals surface area contributed by atoms with E-state index in [1.54, 1.807) is 29.7 Å². The topological polar surface area (TPSA) is 408 Å². The molecule has 102 heavy (non-hydrogen) atoms. The van der Waals surface area contributed by atoms with Crippen LogP contribution in [0.25, 0.3) is 21.8 Å². The van der Waals surface area contributed by atoms with Crippen LogP contribution in [0.2, 0.25) is 0 Å². The third kappa shape index (κ3) is 25.0. The summed E-state index contributed by atoms with van der Waals surface area (Å²) in [6.45, 7) is 14.1. The van der Waals surface area contributed by atoms with Crippen LogP contribution in [0.3, 0.4) is 0 Å². The van der Waals surface area contributed by atoms with E-state index < -0.39 is 60.3 Å². The molecule has 4 aromatic carbocycles. The maximum Gasteiger partial charge on any atom is 0.490 e. The van der Waals surface area contributed by atoms with Crippen LogP contribution in [-0.2, 0) is 62.7 Å². The number of carbonyl (C=O) groups excluding carboxylic acids is 4. The molecule has 0 aliphatic carbocycles. The molecule has 0 fully saturated rings. The fourth-order valence-corrected chi connectivity index (χ4v) is 10.0. The van der Waals surface area contributed by atoms with Gasteiger partial charge in [0, 0.05) is 89.4 Å². The zero-order valence-corrected chi connectivity index (χ0v) is 56.3. The molecule has 8 aromatic rings. The van der Waals surface area contributed by atoms with E-state index in [1.165, 1.54) is 12.4 Å². The van der Waals surface area contributed by atoms with E-state index in [9.17, 15) is 58.7 Å². The van der Waals surface area contributed by atoms with Crippen molar-refractivity contribution in [1.82, 2.24) is 25.6 Å². The van der Waals surface area contributed by atoms with Gasteiger partial charge in [0.05, 0.1) is 72.0 Å². The van der Waals surface area contributed by atoms with Gasteiger partial charge in [-0.2, -0.15) is 39.5 Å². The number of nitrogens with one attached hydrogen (secondary N) is 4. The maximum atomic E-state index is 12.8. The van der Waals surface area contributed by atoms with Gasteiger partial charge in [0.25, 0.3) is 11.8 Å². The Hall–Kier alpha value is -11.1. The van der Waals surface area contributed by atoms with E-state index in [0.29, 0.717) is 121 Å². The van der Waals surface area contributed by atoms with Crippen molar-refractivity contribution in [3.05, 3.63) is 159 Å².